The van der Waals surface area contributed by atoms with E-state index in [1.807, 2.05) is 0 Å². The predicted molar refractivity (Wildman–Crippen MR) is 50.7 cm³/mol. The van der Waals surface area contributed by atoms with Crippen molar-refractivity contribution in [2.24, 2.45) is 11.7 Å². The largest absolute Gasteiger partial charge is 0.370 e. The van der Waals surface area contributed by atoms with E-state index >= 15 is 0 Å². The van der Waals surface area contributed by atoms with Crippen LogP contribution in [0.25, 0.3) is 0 Å². The highest BCUT2D eigenvalue weighted by Gasteiger charge is 2.32. The summed E-state index contributed by atoms with van der Waals surface area (Å²) in [6.45, 7) is 2.11. The van der Waals surface area contributed by atoms with Gasteiger partial charge in [-0.05, 0) is 12.3 Å². The Labute approximate surface area is 77.5 Å². The van der Waals surface area contributed by atoms with Crippen molar-refractivity contribution in [2.75, 3.05) is 0 Å². The third kappa shape index (κ3) is 3.43. The zero-order valence-electron chi connectivity index (χ0n) is 6.85. The average molecular weight is 192 g/mol. The SMILES string of the molecule is CC1CC1NC(=N)NC(=N)N.Cl. The van der Waals surface area contributed by atoms with Crippen molar-refractivity contribution in [1.82, 2.24) is 10.6 Å². The number of hydrogen-bond acceptors (Lipinski definition) is 2. The highest BCUT2D eigenvalue weighted by Crippen LogP contribution is 2.28. The molecule has 0 aromatic heterocycles. The van der Waals surface area contributed by atoms with E-state index in [4.69, 9.17) is 16.6 Å². The van der Waals surface area contributed by atoms with Crippen LogP contribution < -0.4 is 16.4 Å². The Morgan fingerprint density at radius 3 is 2.33 bits per heavy atom. The van der Waals surface area contributed by atoms with Gasteiger partial charge < -0.3 is 11.1 Å². The molecule has 0 aliphatic heterocycles. The highest BCUT2D eigenvalue weighted by molar-refractivity contribution is 5.95. The Bertz CT molecular complexity index is 192. The fourth-order valence-corrected chi connectivity index (χ4v) is 0.879. The minimum Gasteiger partial charge on any atom is -0.370 e. The Morgan fingerprint density at radius 2 is 2.00 bits per heavy atom. The van der Waals surface area contributed by atoms with Crippen LogP contribution in [-0.4, -0.2) is 18.0 Å². The molecule has 2 unspecified atom stereocenters. The zero-order valence-corrected chi connectivity index (χ0v) is 7.66. The molecule has 0 radical (unpaired) electrons. The Balaban J connectivity index is 0.00000121. The summed E-state index contributed by atoms with van der Waals surface area (Å²) in [5.41, 5.74) is 5.02. The van der Waals surface area contributed by atoms with Gasteiger partial charge in [0.2, 0.25) is 0 Å². The molecule has 1 aliphatic carbocycles. The van der Waals surface area contributed by atoms with E-state index in [0.717, 1.165) is 6.42 Å². The maximum absolute atomic E-state index is 7.24. The summed E-state index contributed by atoms with van der Waals surface area (Å²) in [5, 5.41) is 19.3. The van der Waals surface area contributed by atoms with Crippen LogP contribution >= 0.6 is 12.4 Å². The van der Waals surface area contributed by atoms with Crippen molar-refractivity contribution >= 4 is 24.3 Å². The van der Waals surface area contributed by atoms with Gasteiger partial charge in [-0.3, -0.25) is 16.1 Å². The molecule has 1 fully saturated rings. The second kappa shape index (κ2) is 4.15. The number of nitrogens with two attached hydrogens (primary N) is 1. The van der Waals surface area contributed by atoms with Crippen molar-refractivity contribution in [2.45, 2.75) is 19.4 Å². The van der Waals surface area contributed by atoms with Crippen molar-refractivity contribution in [1.29, 1.82) is 10.8 Å². The molecule has 1 saturated carbocycles. The molecule has 0 heterocycles. The van der Waals surface area contributed by atoms with E-state index in [2.05, 4.69) is 17.6 Å². The fraction of sp³-hybridized carbons (Fsp3) is 0.667. The first-order valence-corrected chi connectivity index (χ1v) is 3.55. The molecule has 6 heteroatoms. The molecule has 6 N–H and O–H groups in total. The molecule has 1 aliphatic rings. The predicted octanol–water partition coefficient (Wildman–Crippen LogP) is -0.176. The zero-order chi connectivity index (χ0) is 8.43. The summed E-state index contributed by atoms with van der Waals surface area (Å²) < 4.78 is 0. The van der Waals surface area contributed by atoms with Gasteiger partial charge in [-0.1, -0.05) is 6.92 Å². The smallest absolute Gasteiger partial charge is 0.195 e. The third-order valence-corrected chi connectivity index (χ3v) is 1.70. The number of guanidine groups is 2. The summed E-state index contributed by atoms with van der Waals surface area (Å²) in [6, 6.07) is 0.398. The van der Waals surface area contributed by atoms with Gasteiger partial charge in [-0.2, -0.15) is 0 Å². The molecule has 12 heavy (non-hydrogen) atoms. The van der Waals surface area contributed by atoms with Gasteiger partial charge in [0, 0.05) is 6.04 Å². The van der Waals surface area contributed by atoms with E-state index in [0.29, 0.717) is 12.0 Å². The van der Waals surface area contributed by atoms with Crippen LogP contribution in [0.15, 0.2) is 0 Å². The average Bonchev–Trinajstić information content (AvgIpc) is 2.43. The molecule has 0 aromatic carbocycles. The standard InChI is InChI=1S/C6H13N5.ClH/c1-3-2-4(3)10-6(9)11-5(7)8;/h3-4H,2H2,1H3,(H6,7,8,9,10,11);1H. The van der Waals surface area contributed by atoms with E-state index in [-0.39, 0.29) is 24.3 Å². The maximum Gasteiger partial charge on any atom is 0.195 e. The van der Waals surface area contributed by atoms with Gasteiger partial charge in [0.05, 0.1) is 0 Å². The van der Waals surface area contributed by atoms with Gasteiger partial charge in [-0.15, -0.1) is 12.4 Å². The van der Waals surface area contributed by atoms with Gasteiger partial charge in [0.25, 0.3) is 0 Å². The summed E-state index contributed by atoms with van der Waals surface area (Å²) in [6.07, 6.45) is 1.10. The first-order chi connectivity index (χ1) is 5.09. The number of rotatable bonds is 1. The molecule has 0 bridgehead atoms. The van der Waals surface area contributed by atoms with Gasteiger partial charge in [0.1, 0.15) is 0 Å². The molecular weight excluding hydrogens is 178 g/mol. The quantitative estimate of drug-likeness (QED) is 0.294. The second-order valence-electron chi connectivity index (χ2n) is 2.88. The summed E-state index contributed by atoms with van der Waals surface area (Å²) in [7, 11) is 0. The van der Waals surface area contributed by atoms with E-state index in [1.165, 1.54) is 0 Å². The van der Waals surface area contributed by atoms with Crippen LogP contribution in [0.4, 0.5) is 0 Å². The lowest BCUT2D eigenvalue weighted by molar-refractivity contribution is 0.794. The lowest BCUT2D eigenvalue weighted by Gasteiger charge is -2.06. The van der Waals surface area contributed by atoms with Crippen molar-refractivity contribution < 1.29 is 0 Å². The van der Waals surface area contributed by atoms with Gasteiger partial charge in [-0.25, -0.2) is 0 Å². The number of halogens is 1. The molecule has 5 nitrogen and oxygen atoms in total. The molecule has 0 amide bonds. The van der Waals surface area contributed by atoms with E-state index in [1.54, 1.807) is 0 Å². The fourth-order valence-electron chi connectivity index (χ4n) is 0.879. The third-order valence-electron chi connectivity index (χ3n) is 1.70. The molecule has 0 spiro atoms. The minimum atomic E-state index is -0.198. The molecule has 0 aromatic rings. The number of hydrogen-bond donors (Lipinski definition) is 5. The summed E-state index contributed by atoms with van der Waals surface area (Å²) >= 11 is 0. The van der Waals surface area contributed by atoms with Crippen LogP contribution in [0.3, 0.4) is 0 Å². The Morgan fingerprint density at radius 1 is 1.50 bits per heavy atom. The van der Waals surface area contributed by atoms with Gasteiger partial charge in [0.15, 0.2) is 11.9 Å². The molecular formula is C6H14ClN5. The monoisotopic (exact) mass is 191 g/mol. The van der Waals surface area contributed by atoms with Crippen molar-refractivity contribution in [3.8, 4) is 0 Å². The van der Waals surface area contributed by atoms with Crippen molar-refractivity contribution in [3.05, 3.63) is 0 Å². The van der Waals surface area contributed by atoms with Crippen LogP contribution in [0.1, 0.15) is 13.3 Å². The molecule has 0 saturated heterocycles. The first-order valence-electron chi connectivity index (χ1n) is 3.55. The summed E-state index contributed by atoms with van der Waals surface area (Å²) in [4.78, 5) is 0. The minimum absolute atomic E-state index is 0. The van der Waals surface area contributed by atoms with Gasteiger partial charge >= 0.3 is 0 Å². The van der Waals surface area contributed by atoms with Crippen LogP contribution in [0.5, 0.6) is 0 Å². The lowest BCUT2D eigenvalue weighted by Crippen LogP contribution is -2.44. The van der Waals surface area contributed by atoms with Crippen molar-refractivity contribution in [3.63, 3.8) is 0 Å². The van der Waals surface area contributed by atoms with Crippen LogP contribution in [0, 0.1) is 16.7 Å². The van der Waals surface area contributed by atoms with Crippen LogP contribution in [0.2, 0.25) is 0 Å². The second-order valence-corrected chi connectivity index (χ2v) is 2.88. The van der Waals surface area contributed by atoms with E-state index < -0.39 is 0 Å². The van der Waals surface area contributed by atoms with E-state index in [9.17, 15) is 0 Å². The lowest BCUT2D eigenvalue weighted by atomic mass is 10.5. The summed E-state index contributed by atoms with van der Waals surface area (Å²) in [5.74, 6) is 0.562. The molecule has 1 rings (SSSR count). The van der Waals surface area contributed by atoms with Crippen LogP contribution in [-0.2, 0) is 0 Å². The first kappa shape index (κ1) is 11.0. The molecule has 2 atom stereocenters. The molecule has 70 valence electrons. The topological polar surface area (TPSA) is 97.8 Å². The Hall–Kier alpha value is -0.970. The maximum atomic E-state index is 7.24. The Kier molecular flexibility index (Phi) is 3.82. The normalized spacial score (nSPS) is 25.1. The highest BCUT2D eigenvalue weighted by atomic mass is 35.5. The number of nitrogens with one attached hydrogen (secondary N) is 4.